The van der Waals surface area contributed by atoms with E-state index in [2.05, 4.69) is 5.10 Å². The van der Waals surface area contributed by atoms with Gasteiger partial charge in [-0.15, -0.1) is 0 Å². The van der Waals surface area contributed by atoms with E-state index in [1.165, 1.54) is 0 Å². The van der Waals surface area contributed by atoms with Crippen LogP contribution in [-0.2, 0) is 12.8 Å². The molecule has 0 aliphatic heterocycles. The van der Waals surface area contributed by atoms with Crippen LogP contribution in [0, 0.1) is 31.0 Å². The monoisotopic (exact) mass is 389 g/mol. The Morgan fingerprint density at radius 3 is 2.39 bits per heavy atom. The van der Waals surface area contributed by atoms with E-state index in [9.17, 15) is 17.6 Å². The first-order chi connectivity index (χ1) is 13.2. The predicted molar refractivity (Wildman–Crippen MR) is 93.5 cm³/mol. The number of hydrogen-bond acceptors (Lipinski definition) is 3. The maximum Gasteiger partial charge on any atom is 0.419 e. The van der Waals surface area contributed by atoms with Crippen LogP contribution in [0.15, 0.2) is 42.5 Å². The minimum atomic E-state index is -4.80. The topological polar surface area (TPSA) is 50.8 Å². The highest BCUT2D eigenvalue weighted by molar-refractivity contribution is 5.42. The van der Waals surface area contributed by atoms with Crippen LogP contribution in [0.25, 0.3) is 5.69 Å². The normalized spacial score (nSPS) is 11.3. The minimum absolute atomic E-state index is 0.0170. The summed E-state index contributed by atoms with van der Waals surface area (Å²) in [5, 5.41) is 13.3. The number of aromatic nitrogens is 2. The van der Waals surface area contributed by atoms with Crippen molar-refractivity contribution in [3.63, 3.8) is 0 Å². The molecule has 0 bridgehead atoms. The molecule has 0 N–H and O–H groups in total. The highest BCUT2D eigenvalue weighted by Gasteiger charge is 2.34. The summed E-state index contributed by atoms with van der Waals surface area (Å²) in [7, 11) is 0. The molecule has 0 saturated carbocycles. The number of alkyl halides is 3. The summed E-state index contributed by atoms with van der Waals surface area (Å²) in [5.74, 6) is -1.43. The zero-order valence-electron chi connectivity index (χ0n) is 15.0. The molecule has 28 heavy (non-hydrogen) atoms. The quantitative estimate of drug-likeness (QED) is 0.584. The second-order valence-electron chi connectivity index (χ2n) is 6.15. The summed E-state index contributed by atoms with van der Waals surface area (Å²) in [6, 6.07) is 11.4. The number of halogens is 4. The van der Waals surface area contributed by atoms with E-state index >= 15 is 0 Å². The minimum Gasteiger partial charge on any atom is -0.489 e. The van der Waals surface area contributed by atoms with Crippen molar-refractivity contribution in [2.24, 2.45) is 0 Å². The fourth-order valence-corrected chi connectivity index (χ4v) is 2.78. The highest BCUT2D eigenvalue weighted by Crippen LogP contribution is 2.34. The fraction of sp³-hybridized carbons (Fsp3) is 0.200. The number of nitriles is 1. The number of benzene rings is 2. The zero-order valence-corrected chi connectivity index (χ0v) is 15.0. The van der Waals surface area contributed by atoms with Gasteiger partial charge in [0.25, 0.3) is 0 Å². The van der Waals surface area contributed by atoms with Gasteiger partial charge >= 0.3 is 6.18 Å². The summed E-state index contributed by atoms with van der Waals surface area (Å²) in [6.07, 6.45) is -4.80. The Labute approximate surface area is 158 Å². The Morgan fingerprint density at radius 2 is 1.79 bits per heavy atom. The number of rotatable bonds is 4. The fourth-order valence-electron chi connectivity index (χ4n) is 2.78. The van der Waals surface area contributed by atoms with E-state index in [1.54, 1.807) is 35.9 Å². The molecule has 0 aliphatic carbocycles. The third kappa shape index (κ3) is 3.83. The molecule has 3 aromatic rings. The molecule has 0 fully saturated rings. The van der Waals surface area contributed by atoms with Gasteiger partial charge in [-0.3, -0.25) is 0 Å². The molecule has 0 amide bonds. The number of hydrogen-bond donors (Lipinski definition) is 0. The molecule has 0 unspecified atom stereocenters. The standard InChI is InChI=1S/C20H15F4N3O/c1-12-17(11-28-16-7-8-19(21)18(9-16)20(22,23)24)13(2)27(26-12)15-5-3-14(10-25)4-6-15/h3-9H,11H2,1-2H3. The average molecular weight is 389 g/mol. The van der Waals surface area contributed by atoms with Crippen molar-refractivity contribution in [1.82, 2.24) is 9.78 Å². The molecule has 0 radical (unpaired) electrons. The van der Waals surface area contributed by atoms with Gasteiger partial charge in [-0.1, -0.05) is 0 Å². The van der Waals surface area contributed by atoms with E-state index in [0.717, 1.165) is 23.5 Å². The Kier molecular flexibility index (Phi) is 5.10. The number of aryl methyl sites for hydroxylation is 1. The first-order valence-corrected chi connectivity index (χ1v) is 8.26. The summed E-state index contributed by atoms with van der Waals surface area (Å²) in [4.78, 5) is 0. The van der Waals surface area contributed by atoms with Crippen LogP contribution in [-0.4, -0.2) is 9.78 Å². The van der Waals surface area contributed by atoms with E-state index in [0.29, 0.717) is 22.9 Å². The summed E-state index contributed by atoms with van der Waals surface area (Å²) in [5.41, 5.74) is 2.01. The van der Waals surface area contributed by atoms with Gasteiger partial charge in [-0.05, 0) is 56.3 Å². The van der Waals surface area contributed by atoms with Crippen molar-refractivity contribution in [2.45, 2.75) is 26.6 Å². The lowest BCUT2D eigenvalue weighted by Crippen LogP contribution is -2.08. The van der Waals surface area contributed by atoms with Gasteiger partial charge in [0, 0.05) is 11.3 Å². The molecular formula is C20H15F4N3O. The Morgan fingerprint density at radius 1 is 1.11 bits per heavy atom. The molecule has 144 valence electrons. The van der Waals surface area contributed by atoms with Crippen LogP contribution in [0.4, 0.5) is 17.6 Å². The maximum atomic E-state index is 13.4. The van der Waals surface area contributed by atoms with Crippen molar-refractivity contribution in [3.05, 3.63) is 76.4 Å². The highest BCUT2D eigenvalue weighted by atomic mass is 19.4. The van der Waals surface area contributed by atoms with Crippen molar-refractivity contribution < 1.29 is 22.3 Å². The molecule has 0 aliphatic rings. The molecule has 0 atom stereocenters. The van der Waals surface area contributed by atoms with Crippen LogP contribution >= 0.6 is 0 Å². The lowest BCUT2D eigenvalue weighted by Gasteiger charge is -2.11. The Balaban J connectivity index is 1.84. The van der Waals surface area contributed by atoms with Gasteiger partial charge in [-0.25, -0.2) is 9.07 Å². The molecular weight excluding hydrogens is 374 g/mol. The molecule has 4 nitrogen and oxygen atoms in total. The molecule has 0 spiro atoms. The van der Waals surface area contributed by atoms with Gasteiger partial charge in [0.2, 0.25) is 0 Å². The third-order valence-corrected chi connectivity index (χ3v) is 4.31. The molecule has 1 heterocycles. The van der Waals surface area contributed by atoms with Crippen molar-refractivity contribution in [2.75, 3.05) is 0 Å². The van der Waals surface area contributed by atoms with Crippen molar-refractivity contribution >= 4 is 0 Å². The van der Waals surface area contributed by atoms with Crippen molar-refractivity contribution in [3.8, 4) is 17.5 Å². The van der Waals surface area contributed by atoms with Crippen LogP contribution in [0.2, 0.25) is 0 Å². The van der Waals surface area contributed by atoms with Crippen LogP contribution < -0.4 is 4.74 Å². The van der Waals surface area contributed by atoms with Gasteiger partial charge in [0.15, 0.2) is 0 Å². The van der Waals surface area contributed by atoms with Crippen LogP contribution in [0.3, 0.4) is 0 Å². The SMILES string of the molecule is Cc1nn(-c2ccc(C#N)cc2)c(C)c1COc1ccc(F)c(C(F)(F)F)c1. The zero-order chi connectivity index (χ0) is 20.5. The average Bonchev–Trinajstić information content (AvgIpc) is 2.94. The molecule has 1 aromatic heterocycles. The maximum absolute atomic E-state index is 13.4. The predicted octanol–water partition coefficient (Wildman–Crippen LogP) is 5.10. The van der Waals surface area contributed by atoms with E-state index in [4.69, 9.17) is 10.00 Å². The van der Waals surface area contributed by atoms with Gasteiger partial charge in [0.05, 0.1) is 28.6 Å². The summed E-state index contributed by atoms with van der Waals surface area (Å²) < 4.78 is 59.0. The van der Waals surface area contributed by atoms with Gasteiger partial charge in [0.1, 0.15) is 18.2 Å². The summed E-state index contributed by atoms with van der Waals surface area (Å²) in [6.45, 7) is 3.55. The lowest BCUT2D eigenvalue weighted by molar-refractivity contribution is -0.140. The Bertz CT molecular complexity index is 1050. The van der Waals surface area contributed by atoms with Gasteiger partial charge < -0.3 is 4.74 Å². The number of nitrogens with zero attached hydrogens (tertiary/aromatic N) is 3. The van der Waals surface area contributed by atoms with E-state index in [1.807, 2.05) is 13.0 Å². The Hall–Kier alpha value is -3.34. The lowest BCUT2D eigenvalue weighted by atomic mass is 10.2. The molecule has 0 saturated heterocycles. The molecule has 2 aromatic carbocycles. The van der Waals surface area contributed by atoms with Crippen LogP contribution in [0.1, 0.15) is 28.1 Å². The van der Waals surface area contributed by atoms with Crippen molar-refractivity contribution in [1.29, 1.82) is 5.26 Å². The van der Waals surface area contributed by atoms with E-state index < -0.39 is 17.6 Å². The second kappa shape index (κ2) is 7.35. The summed E-state index contributed by atoms with van der Waals surface area (Å²) >= 11 is 0. The smallest absolute Gasteiger partial charge is 0.419 e. The van der Waals surface area contributed by atoms with Crippen LogP contribution in [0.5, 0.6) is 5.75 Å². The first kappa shape index (κ1) is 19.4. The largest absolute Gasteiger partial charge is 0.489 e. The first-order valence-electron chi connectivity index (χ1n) is 8.26. The second-order valence-corrected chi connectivity index (χ2v) is 6.15. The van der Waals surface area contributed by atoms with E-state index in [-0.39, 0.29) is 12.4 Å². The third-order valence-electron chi connectivity index (χ3n) is 4.31. The molecule has 3 rings (SSSR count). The molecule has 8 heteroatoms. The number of ether oxygens (including phenoxy) is 1. The van der Waals surface area contributed by atoms with Gasteiger partial charge in [-0.2, -0.15) is 23.5 Å².